The van der Waals surface area contributed by atoms with Crippen LogP contribution in [0, 0.1) is 10.1 Å². The molecule has 8 heteroatoms. The van der Waals surface area contributed by atoms with Crippen molar-refractivity contribution in [3.05, 3.63) is 69.8 Å². The van der Waals surface area contributed by atoms with Crippen LogP contribution in [0.3, 0.4) is 0 Å². The molecule has 0 aliphatic carbocycles. The highest BCUT2D eigenvalue weighted by molar-refractivity contribution is 6.06. The lowest BCUT2D eigenvalue weighted by atomic mass is 9.92. The normalized spacial score (nSPS) is 19.1. The van der Waals surface area contributed by atoms with Gasteiger partial charge in [0.1, 0.15) is 11.3 Å². The van der Waals surface area contributed by atoms with Gasteiger partial charge in [-0.1, -0.05) is 30.3 Å². The first-order valence-electron chi connectivity index (χ1n) is 8.33. The molecule has 1 fully saturated rings. The number of nitrogens with zero attached hydrogens (tertiary/aromatic N) is 2. The maximum absolute atomic E-state index is 12.9. The number of carbonyl (C=O) groups is 2. The van der Waals surface area contributed by atoms with E-state index in [-0.39, 0.29) is 18.1 Å². The van der Waals surface area contributed by atoms with Crippen molar-refractivity contribution in [2.24, 2.45) is 0 Å². The molecule has 2 aromatic carbocycles. The lowest BCUT2D eigenvalue weighted by Crippen LogP contribution is -2.46. The minimum absolute atomic E-state index is 0.0445. The van der Waals surface area contributed by atoms with Crippen LogP contribution in [0.15, 0.2) is 48.5 Å². The number of para-hydroxylation sites is 1. The summed E-state index contributed by atoms with van der Waals surface area (Å²) in [5.74, 6) is 0.298. The fourth-order valence-electron chi connectivity index (χ4n) is 3.15. The van der Waals surface area contributed by atoms with E-state index in [1.807, 2.05) is 18.2 Å². The highest BCUT2D eigenvalue weighted by Gasteiger charge is 2.47. The smallest absolute Gasteiger partial charge is 0.325 e. The Morgan fingerprint density at radius 1 is 1.15 bits per heavy atom. The van der Waals surface area contributed by atoms with Gasteiger partial charge in [0.25, 0.3) is 11.6 Å². The number of amides is 3. The standard InChI is InChI=1S/C19H19N3O5/c1-19(11-14-5-3-4-6-16(14)27-2)17(23)21(18(24)20-19)12-13-7-9-15(10-8-13)22(25)26/h3-10H,11-12H2,1-2H3,(H,20,24)/t19-/m1/s1. The largest absolute Gasteiger partial charge is 0.496 e. The number of urea groups is 1. The fourth-order valence-corrected chi connectivity index (χ4v) is 3.15. The molecule has 1 heterocycles. The summed E-state index contributed by atoms with van der Waals surface area (Å²) >= 11 is 0. The average molecular weight is 369 g/mol. The first-order chi connectivity index (χ1) is 12.8. The minimum Gasteiger partial charge on any atom is -0.496 e. The van der Waals surface area contributed by atoms with Crippen molar-refractivity contribution < 1.29 is 19.2 Å². The van der Waals surface area contributed by atoms with E-state index in [1.54, 1.807) is 20.1 Å². The van der Waals surface area contributed by atoms with Gasteiger partial charge in [0.05, 0.1) is 18.6 Å². The monoisotopic (exact) mass is 369 g/mol. The van der Waals surface area contributed by atoms with E-state index in [0.717, 1.165) is 10.5 Å². The van der Waals surface area contributed by atoms with Crippen molar-refractivity contribution in [2.75, 3.05) is 7.11 Å². The molecule has 3 amide bonds. The zero-order valence-electron chi connectivity index (χ0n) is 15.0. The Morgan fingerprint density at radius 2 is 1.81 bits per heavy atom. The number of imide groups is 1. The van der Waals surface area contributed by atoms with E-state index in [4.69, 9.17) is 4.74 Å². The molecule has 1 atom stereocenters. The van der Waals surface area contributed by atoms with Gasteiger partial charge in [0.2, 0.25) is 0 Å². The molecule has 0 bridgehead atoms. The van der Waals surface area contributed by atoms with Crippen LogP contribution in [-0.4, -0.2) is 34.4 Å². The SMILES string of the molecule is COc1ccccc1C[C@@]1(C)NC(=O)N(Cc2ccc([N+](=O)[O-])cc2)C1=O. The average Bonchev–Trinajstić information content (AvgIpc) is 2.85. The molecule has 1 aliphatic rings. The number of rotatable bonds is 6. The first-order valence-corrected chi connectivity index (χ1v) is 8.33. The quantitative estimate of drug-likeness (QED) is 0.479. The van der Waals surface area contributed by atoms with Crippen LogP contribution in [-0.2, 0) is 17.8 Å². The molecule has 3 rings (SSSR count). The third-order valence-corrected chi connectivity index (χ3v) is 4.57. The maximum Gasteiger partial charge on any atom is 0.325 e. The number of methoxy groups -OCH3 is 1. The molecule has 1 N–H and O–H groups in total. The molecule has 0 unspecified atom stereocenters. The lowest BCUT2D eigenvalue weighted by Gasteiger charge is -2.23. The van der Waals surface area contributed by atoms with Gasteiger partial charge >= 0.3 is 6.03 Å². The van der Waals surface area contributed by atoms with Crippen molar-refractivity contribution in [3.8, 4) is 5.75 Å². The van der Waals surface area contributed by atoms with Crippen LogP contribution < -0.4 is 10.1 Å². The molecule has 140 valence electrons. The van der Waals surface area contributed by atoms with Crippen LogP contribution in [0.5, 0.6) is 5.75 Å². The molecule has 8 nitrogen and oxygen atoms in total. The molecule has 1 saturated heterocycles. The summed E-state index contributed by atoms with van der Waals surface area (Å²) in [7, 11) is 1.55. The van der Waals surface area contributed by atoms with Gasteiger partial charge in [-0.2, -0.15) is 0 Å². The Labute approximate surface area is 155 Å². The van der Waals surface area contributed by atoms with Crippen LogP contribution in [0.2, 0.25) is 0 Å². The Hall–Kier alpha value is -3.42. The zero-order valence-corrected chi connectivity index (χ0v) is 15.0. The number of carbonyl (C=O) groups excluding carboxylic acids is 2. The number of hydrogen-bond acceptors (Lipinski definition) is 5. The summed E-state index contributed by atoms with van der Waals surface area (Å²) in [6, 6.07) is 12.6. The first kappa shape index (κ1) is 18.4. The topological polar surface area (TPSA) is 102 Å². The number of nitro groups is 1. The summed E-state index contributed by atoms with van der Waals surface area (Å²) < 4.78 is 5.32. The lowest BCUT2D eigenvalue weighted by molar-refractivity contribution is -0.384. The fraction of sp³-hybridized carbons (Fsp3) is 0.263. The summed E-state index contributed by atoms with van der Waals surface area (Å²) in [4.78, 5) is 36.7. The van der Waals surface area contributed by atoms with E-state index >= 15 is 0 Å². The predicted molar refractivity (Wildman–Crippen MR) is 97.3 cm³/mol. The summed E-state index contributed by atoms with van der Waals surface area (Å²) in [6.45, 7) is 1.72. The van der Waals surface area contributed by atoms with E-state index in [0.29, 0.717) is 17.7 Å². The third kappa shape index (κ3) is 3.59. The molecule has 1 aliphatic heterocycles. The number of nitrogens with one attached hydrogen (secondary N) is 1. The van der Waals surface area contributed by atoms with Crippen LogP contribution >= 0.6 is 0 Å². The second kappa shape index (κ2) is 7.06. The van der Waals surface area contributed by atoms with Gasteiger partial charge in [-0.3, -0.25) is 19.8 Å². The number of benzene rings is 2. The third-order valence-electron chi connectivity index (χ3n) is 4.57. The Morgan fingerprint density at radius 3 is 2.44 bits per heavy atom. The van der Waals surface area contributed by atoms with Gasteiger partial charge < -0.3 is 10.1 Å². The van der Waals surface area contributed by atoms with E-state index in [1.165, 1.54) is 24.3 Å². The zero-order chi connectivity index (χ0) is 19.6. The van der Waals surface area contributed by atoms with Gasteiger partial charge in [-0.25, -0.2) is 4.79 Å². The highest BCUT2D eigenvalue weighted by atomic mass is 16.6. The summed E-state index contributed by atoms with van der Waals surface area (Å²) in [6.07, 6.45) is 0.290. The van der Waals surface area contributed by atoms with Crippen molar-refractivity contribution >= 4 is 17.6 Å². The van der Waals surface area contributed by atoms with Crippen molar-refractivity contribution in [2.45, 2.75) is 25.4 Å². The Kier molecular flexibility index (Phi) is 4.81. The van der Waals surface area contributed by atoms with Crippen molar-refractivity contribution in [1.82, 2.24) is 10.2 Å². The second-order valence-electron chi connectivity index (χ2n) is 6.57. The molecular weight excluding hydrogens is 350 g/mol. The minimum atomic E-state index is -1.09. The predicted octanol–water partition coefficient (Wildman–Crippen LogP) is 2.66. The Balaban J connectivity index is 1.78. The van der Waals surface area contributed by atoms with Crippen LogP contribution in [0.25, 0.3) is 0 Å². The highest BCUT2D eigenvalue weighted by Crippen LogP contribution is 2.28. The summed E-state index contributed by atoms with van der Waals surface area (Å²) in [5.41, 5.74) is 0.308. The number of non-ortho nitro benzene ring substituents is 1. The van der Waals surface area contributed by atoms with Crippen LogP contribution in [0.4, 0.5) is 10.5 Å². The van der Waals surface area contributed by atoms with Gasteiger partial charge in [-0.05, 0) is 24.1 Å². The van der Waals surface area contributed by atoms with Gasteiger partial charge in [-0.15, -0.1) is 0 Å². The molecule has 0 aromatic heterocycles. The van der Waals surface area contributed by atoms with Crippen molar-refractivity contribution in [3.63, 3.8) is 0 Å². The molecular formula is C19H19N3O5. The Bertz CT molecular complexity index is 896. The van der Waals surface area contributed by atoms with Crippen molar-refractivity contribution in [1.29, 1.82) is 0 Å². The van der Waals surface area contributed by atoms with Gasteiger partial charge in [0, 0.05) is 18.6 Å². The number of ether oxygens (including phenoxy) is 1. The van der Waals surface area contributed by atoms with E-state index in [9.17, 15) is 19.7 Å². The van der Waals surface area contributed by atoms with E-state index in [2.05, 4.69) is 5.32 Å². The molecule has 0 radical (unpaired) electrons. The molecule has 0 spiro atoms. The molecule has 0 saturated carbocycles. The van der Waals surface area contributed by atoms with Crippen LogP contribution in [0.1, 0.15) is 18.1 Å². The maximum atomic E-state index is 12.9. The van der Waals surface area contributed by atoms with E-state index < -0.39 is 16.5 Å². The molecule has 27 heavy (non-hydrogen) atoms. The molecule has 2 aromatic rings. The second-order valence-corrected chi connectivity index (χ2v) is 6.57. The number of hydrogen-bond donors (Lipinski definition) is 1. The summed E-state index contributed by atoms with van der Waals surface area (Å²) in [5, 5.41) is 13.5. The number of nitro benzene ring substituents is 1. The van der Waals surface area contributed by atoms with Gasteiger partial charge in [0.15, 0.2) is 0 Å².